The van der Waals surface area contributed by atoms with Crippen molar-refractivity contribution < 1.29 is 26.8 Å². The zero-order valence-corrected chi connectivity index (χ0v) is 25.3. The van der Waals surface area contributed by atoms with E-state index in [1.807, 2.05) is 20.8 Å². The summed E-state index contributed by atoms with van der Waals surface area (Å²) in [6.45, 7) is 6.83. The van der Waals surface area contributed by atoms with Crippen molar-refractivity contribution in [2.75, 3.05) is 19.8 Å². The molecule has 0 amide bonds. The lowest BCUT2D eigenvalue weighted by atomic mass is 10.1. The van der Waals surface area contributed by atoms with E-state index in [1.54, 1.807) is 12.1 Å². The van der Waals surface area contributed by atoms with Crippen molar-refractivity contribution in [3.63, 3.8) is 0 Å². The molecule has 1 aromatic carbocycles. The highest BCUT2D eigenvalue weighted by molar-refractivity contribution is 7.86. The van der Waals surface area contributed by atoms with Gasteiger partial charge in [-0.15, -0.1) is 0 Å². The number of hydrogen-bond acceptors (Lipinski definition) is 7. The van der Waals surface area contributed by atoms with E-state index < -0.39 is 29.5 Å². The van der Waals surface area contributed by atoms with Crippen molar-refractivity contribution in [2.24, 2.45) is 4.99 Å². The van der Waals surface area contributed by atoms with Gasteiger partial charge in [0.1, 0.15) is 17.3 Å². The van der Waals surface area contributed by atoms with Gasteiger partial charge in [0.15, 0.2) is 6.29 Å². The van der Waals surface area contributed by atoms with Crippen LogP contribution in [0.2, 0.25) is 0 Å². The van der Waals surface area contributed by atoms with Gasteiger partial charge in [-0.3, -0.25) is 0 Å². The summed E-state index contributed by atoms with van der Waals surface area (Å²) in [5.74, 6) is 0.326. The first-order chi connectivity index (χ1) is 16.4. The van der Waals surface area contributed by atoms with Gasteiger partial charge in [-0.1, -0.05) is 87.3 Å². The molecule has 0 aromatic heterocycles. The van der Waals surface area contributed by atoms with Gasteiger partial charge >= 0.3 is 10.1 Å². The summed E-state index contributed by atoms with van der Waals surface area (Å²) in [5.41, 5.74) is 0.804. The van der Waals surface area contributed by atoms with Crippen molar-refractivity contribution in [2.45, 2.75) is 64.8 Å². The van der Waals surface area contributed by atoms with Crippen molar-refractivity contribution in [1.29, 1.82) is 0 Å². The third-order valence-electron chi connectivity index (χ3n) is 4.69. The third-order valence-corrected chi connectivity index (χ3v) is 6.66. The van der Waals surface area contributed by atoms with Gasteiger partial charge < -0.3 is 18.4 Å². The minimum Gasteiger partial charge on any atom is -0.475 e. The summed E-state index contributed by atoms with van der Waals surface area (Å²) >= 11 is 34.8. The van der Waals surface area contributed by atoms with Crippen LogP contribution in [0.5, 0.6) is 0 Å². The second-order valence-corrected chi connectivity index (χ2v) is 15.3. The number of halogens is 6. The van der Waals surface area contributed by atoms with Crippen LogP contribution in [0.3, 0.4) is 0 Å². The first-order valence-electron chi connectivity index (χ1n) is 10.7. The molecule has 0 spiro atoms. The highest BCUT2D eigenvalue weighted by Gasteiger charge is 2.32. The van der Waals surface area contributed by atoms with Crippen molar-refractivity contribution in [3.8, 4) is 0 Å². The third kappa shape index (κ3) is 11.3. The quantitative estimate of drug-likeness (QED) is 0.111. The van der Waals surface area contributed by atoms with Crippen LogP contribution in [-0.2, 0) is 28.5 Å². The van der Waals surface area contributed by atoms with E-state index in [0.717, 1.165) is 5.56 Å². The van der Waals surface area contributed by atoms with Gasteiger partial charge in [-0.25, -0.2) is 4.99 Å². The highest BCUT2D eigenvalue weighted by atomic mass is 35.6. The molecule has 0 N–H and O–H groups in total. The molecule has 7 nitrogen and oxygen atoms in total. The zero-order valence-electron chi connectivity index (χ0n) is 20.0. The molecule has 1 heterocycles. The normalized spacial score (nSPS) is 17.0. The van der Waals surface area contributed by atoms with Crippen LogP contribution in [0.1, 0.15) is 39.2 Å². The lowest BCUT2D eigenvalue weighted by molar-refractivity contribution is -0.143. The molecule has 204 valence electrons. The van der Waals surface area contributed by atoms with Gasteiger partial charge in [-0.2, -0.15) is 8.42 Å². The SMILES string of the molecule is C/C(OS(=O)(=O)c1ccc(C)cc1)=C(\CCC(OCC(Cl)(Cl)Cl)OCC(Cl)(Cl)Cl)C1=NC(C)(C)CO1. The molecule has 0 atom stereocenters. The molecular weight excluding hydrogens is 619 g/mol. The predicted molar refractivity (Wildman–Crippen MR) is 145 cm³/mol. The first kappa shape index (κ1) is 32.1. The topological polar surface area (TPSA) is 83.4 Å². The Hall–Kier alpha value is -0.160. The molecule has 1 aromatic rings. The standard InChI is InChI=1S/C22H27Cl6NO6S/c1-14-5-7-16(8-6-14)36(30,31)35-15(2)17(19-29-20(3,4)11-34-19)9-10-18(32-12-21(23,24)25)33-13-22(26,27)28/h5-8,18H,9-13H2,1-4H3/b17-15-. The van der Waals surface area contributed by atoms with Crippen LogP contribution in [0, 0.1) is 6.92 Å². The molecule has 1 aliphatic rings. The van der Waals surface area contributed by atoms with Crippen LogP contribution in [-0.4, -0.2) is 53.6 Å². The number of aliphatic imine (C=N–C) groups is 1. The van der Waals surface area contributed by atoms with Crippen molar-refractivity contribution in [3.05, 3.63) is 41.2 Å². The minimum atomic E-state index is -4.11. The summed E-state index contributed by atoms with van der Waals surface area (Å²) < 4.78 is 44.7. The largest absolute Gasteiger partial charge is 0.475 e. The molecule has 2 rings (SSSR count). The highest BCUT2D eigenvalue weighted by Crippen LogP contribution is 2.31. The number of benzene rings is 1. The molecule has 0 saturated carbocycles. The average molecular weight is 646 g/mol. The van der Waals surface area contributed by atoms with Gasteiger partial charge in [0.05, 0.1) is 24.3 Å². The molecule has 14 heteroatoms. The van der Waals surface area contributed by atoms with E-state index in [9.17, 15) is 8.42 Å². The Bertz CT molecular complexity index is 1040. The maximum atomic E-state index is 12.9. The van der Waals surface area contributed by atoms with Crippen LogP contribution in [0.15, 0.2) is 45.5 Å². The van der Waals surface area contributed by atoms with Crippen LogP contribution in [0.25, 0.3) is 0 Å². The number of nitrogens with zero attached hydrogens (tertiary/aromatic N) is 1. The summed E-state index contributed by atoms with van der Waals surface area (Å²) in [5, 5.41) is 0. The number of rotatable bonds is 11. The second kappa shape index (κ2) is 12.8. The fourth-order valence-corrected chi connectivity index (χ4v) is 4.37. The molecule has 0 bridgehead atoms. The monoisotopic (exact) mass is 643 g/mol. The van der Waals surface area contributed by atoms with E-state index in [2.05, 4.69) is 4.99 Å². The van der Waals surface area contributed by atoms with Gasteiger partial charge in [-0.05, 0) is 46.2 Å². The minimum absolute atomic E-state index is 0.0105. The maximum absolute atomic E-state index is 12.9. The van der Waals surface area contributed by atoms with Gasteiger partial charge in [0.2, 0.25) is 13.5 Å². The van der Waals surface area contributed by atoms with E-state index in [-0.39, 0.29) is 42.6 Å². The molecule has 0 unspecified atom stereocenters. The summed E-state index contributed by atoms with van der Waals surface area (Å²) in [6, 6.07) is 6.29. The summed E-state index contributed by atoms with van der Waals surface area (Å²) in [6.07, 6.45) is -0.665. The smallest absolute Gasteiger partial charge is 0.338 e. The number of ether oxygens (including phenoxy) is 3. The molecule has 0 saturated heterocycles. The average Bonchev–Trinajstić information content (AvgIpc) is 3.07. The molecule has 0 radical (unpaired) electrons. The van der Waals surface area contributed by atoms with E-state index in [4.69, 9.17) is 88.0 Å². The summed E-state index contributed by atoms with van der Waals surface area (Å²) in [4.78, 5) is 4.57. The van der Waals surface area contributed by atoms with Gasteiger partial charge in [0.25, 0.3) is 0 Å². The molecule has 0 fully saturated rings. The maximum Gasteiger partial charge on any atom is 0.338 e. The van der Waals surface area contributed by atoms with Crippen LogP contribution < -0.4 is 0 Å². The second-order valence-electron chi connectivity index (χ2n) is 8.72. The lowest BCUT2D eigenvalue weighted by Gasteiger charge is -2.23. The Balaban J connectivity index is 2.31. The number of hydrogen-bond donors (Lipinski definition) is 0. The predicted octanol–water partition coefficient (Wildman–Crippen LogP) is 7.06. The fourth-order valence-electron chi connectivity index (χ4n) is 2.99. The van der Waals surface area contributed by atoms with Gasteiger partial charge in [0, 0.05) is 6.42 Å². The number of allylic oxidation sites excluding steroid dienone is 1. The fraction of sp³-hybridized carbons (Fsp3) is 0.591. The zero-order chi connectivity index (χ0) is 27.4. The van der Waals surface area contributed by atoms with Crippen LogP contribution in [0.4, 0.5) is 0 Å². The molecule has 0 aliphatic carbocycles. The van der Waals surface area contributed by atoms with E-state index in [1.165, 1.54) is 19.1 Å². The Morgan fingerprint density at radius 1 is 1.06 bits per heavy atom. The molecule has 36 heavy (non-hydrogen) atoms. The Labute approximate surface area is 242 Å². The van der Waals surface area contributed by atoms with E-state index >= 15 is 0 Å². The molecular formula is C22H27Cl6NO6S. The van der Waals surface area contributed by atoms with E-state index in [0.29, 0.717) is 12.2 Å². The molecule has 1 aliphatic heterocycles. The summed E-state index contributed by atoms with van der Waals surface area (Å²) in [7, 11) is -4.11. The van der Waals surface area contributed by atoms with Crippen molar-refractivity contribution in [1.82, 2.24) is 0 Å². The number of alkyl halides is 6. The Morgan fingerprint density at radius 3 is 2.03 bits per heavy atom. The Morgan fingerprint density at radius 2 is 1.58 bits per heavy atom. The Kier molecular flexibility index (Phi) is 11.4. The lowest BCUT2D eigenvalue weighted by Crippen LogP contribution is -2.27. The van der Waals surface area contributed by atoms with Crippen LogP contribution >= 0.6 is 69.6 Å². The number of aryl methyl sites for hydroxylation is 1. The van der Waals surface area contributed by atoms with Crippen molar-refractivity contribution >= 4 is 85.6 Å². The first-order valence-corrected chi connectivity index (χ1v) is 14.4.